The van der Waals surface area contributed by atoms with E-state index < -0.39 is 0 Å². The van der Waals surface area contributed by atoms with Crippen molar-refractivity contribution in [3.63, 3.8) is 0 Å². The molecule has 1 aliphatic heterocycles. The van der Waals surface area contributed by atoms with Crippen molar-refractivity contribution in [1.29, 1.82) is 0 Å². The number of rotatable bonds is 3. The van der Waals surface area contributed by atoms with Gasteiger partial charge >= 0.3 is 0 Å². The summed E-state index contributed by atoms with van der Waals surface area (Å²) >= 11 is 0. The summed E-state index contributed by atoms with van der Waals surface area (Å²) < 4.78 is 0. The Balaban J connectivity index is 1.47. The molecule has 0 N–H and O–H groups in total. The molecule has 0 bridgehead atoms. The summed E-state index contributed by atoms with van der Waals surface area (Å²) in [6.45, 7) is 3.31. The number of benzene rings is 1. The van der Waals surface area contributed by atoms with Crippen molar-refractivity contribution in [1.82, 2.24) is 15.1 Å². The fourth-order valence-corrected chi connectivity index (χ4v) is 3.62. The van der Waals surface area contributed by atoms with Crippen molar-refractivity contribution in [2.45, 2.75) is 24.7 Å². The number of carbonyl (C=O) groups is 1. The van der Waals surface area contributed by atoms with Crippen molar-refractivity contribution in [3.05, 3.63) is 54.2 Å². The number of hydrogen-bond acceptors (Lipinski definition) is 4. The van der Waals surface area contributed by atoms with Crippen LogP contribution in [0.1, 0.15) is 24.8 Å². The second-order valence-corrected chi connectivity index (χ2v) is 6.66. The van der Waals surface area contributed by atoms with Crippen LogP contribution < -0.4 is 4.90 Å². The van der Waals surface area contributed by atoms with E-state index in [0.29, 0.717) is 5.91 Å². The first kappa shape index (κ1) is 15.1. The van der Waals surface area contributed by atoms with Gasteiger partial charge in [-0.3, -0.25) is 4.79 Å². The molecule has 2 fully saturated rings. The Bertz CT molecular complexity index is 700. The van der Waals surface area contributed by atoms with Crippen molar-refractivity contribution in [2.75, 3.05) is 31.1 Å². The van der Waals surface area contributed by atoms with Crippen LogP contribution in [0, 0.1) is 0 Å². The Morgan fingerprint density at radius 1 is 0.958 bits per heavy atom. The molecule has 1 saturated heterocycles. The lowest BCUT2D eigenvalue weighted by Crippen LogP contribution is -2.41. The Morgan fingerprint density at radius 3 is 2.50 bits per heavy atom. The molecule has 2 aromatic rings. The van der Waals surface area contributed by atoms with Gasteiger partial charge in [0.05, 0.1) is 5.41 Å². The largest absolute Gasteiger partial charge is 0.353 e. The third kappa shape index (κ3) is 2.75. The zero-order chi connectivity index (χ0) is 16.4. The standard InChI is InChI=1S/C19H22N4O/c24-18(19(9-10-19)16-6-2-1-3-7-16)23-13-5-12-22(14-15-23)17-8-4-11-20-21-17/h1-4,6-8,11H,5,9-10,12-15H2. The van der Waals surface area contributed by atoms with E-state index in [1.807, 2.05) is 30.3 Å². The number of nitrogens with zero attached hydrogens (tertiary/aromatic N) is 4. The number of amides is 1. The van der Waals surface area contributed by atoms with Gasteiger partial charge in [-0.25, -0.2) is 0 Å². The van der Waals surface area contributed by atoms with Crippen molar-refractivity contribution in [3.8, 4) is 0 Å². The van der Waals surface area contributed by atoms with Crippen LogP contribution >= 0.6 is 0 Å². The van der Waals surface area contributed by atoms with Crippen LogP contribution in [-0.4, -0.2) is 47.2 Å². The minimum absolute atomic E-state index is 0.261. The van der Waals surface area contributed by atoms with Gasteiger partial charge in [-0.2, -0.15) is 5.10 Å². The maximum atomic E-state index is 13.2. The lowest BCUT2D eigenvalue weighted by molar-refractivity contribution is -0.133. The quantitative estimate of drug-likeness (QED) is 0.870. The molecule has 1 aromatic carbocycles. The van der Waals surface area contributed by atoms with Crippen LogP contribution in [0.2, 0.25) is 0 Å². The van der Waals surface area contributed by atoms with Crippen LogP contribution in [0.5, 0.6) is 0 Å². The first-order valence-corrected chi connectivity index (χ1v) is 8.67. The lowest BCUT2D eigenvalue weighted by Gasteiger charge is -2.26. The molecule has 0 radical (unpaired) electrons. The number of anilines is 1. The van der Waals surface area contributed by atoms with Gasteiger partial charge in [-0.1, -0.05) is 30.3 Å². The molecule has 1 amide bonds. The fraction of sp³-hybridized carbons (Fsp3) is 0.421. The zero-order valence-electron chi connectivity index (χ0n) is 13.8. The summed E-state index contributed by atoms with van der Waals surface area (Å²) in [5, 5.41) is 8.16. The zero-order valence-corrected chi connectivity index (χ0v) is 13.8. The van der Waals surface area contributed by atoms with Gasteiger partial charge in [0, 0.05) is 32.4 Å². The van der Waals surface area contributed by atoms with E-state index in [1.165, 1.54) is 5.56 Å². The van der Waals surface area contributed by atoms with Gasteiger partial charge in [-0.15, -0.1) is 5.10 Å². The highest BCUT2D eigenvalue weighted by molar-refractivity contribution is 5.91. The summed E-state index contributed by atoms with van der Waals surface area (Å²) in [5.41, 5.74) is 0.910. The van der Waals surface area contributed by atoms with Crippen molar-refractivity contribution < 1.29 is 4.79 Å². The predicted octanol–water partition coefficient (Wildman–Crippen LogP) is 2.25. The molecule has 5 nitrogen and oxygen atoms in total. The van der Waals surface area contributed by atoms with E-state index in [0.717, 1.165) is 51.3 Å². The number of hydrogen-bond donors (Lipinski definition) is 0. The maximum Gasteiger partial charge on any atom is 0.233 e. The summed E-state index contributed by atoms with van der Waals surface area (Å²) in [7, 11) is 0. The van der Waals surface area contributed by atoms with Crippen molar-refractivity contribution >= 4 is 11.7 Å². The van der Waals surface area contributed by atoms with Gasteiger partial charge in [-0.05, 0) is 37.0 Å². The van der Waals surface area contributed by atoms with Crippen LogP contribution in [-0.2, 0) is 10.2 Å². The molecule has 1 aliphatic carbocycles. The highest BCUT2D eigenvalue weighted by Gasteiger charge is 2.52. The maximum absolute atomic E-state index is 13.2. The van der Waals surface area contributed by atoms with E-state index in [-0.39, 0.29) is 5.41 Å². The highest BCUT2D eigenvalue weighted by atomic mass is 16.2. The van der Waals surface area contributed by atoms with E-state index >= 15 is 0 Å². The smallest absolute Gasteiger partial charge is 0.233 e. The van der Waals surface area contributed by atoms with Gasteiger partial charge in [0.15, 0.2) is 5.82 Å². The number of carbonyl (C=O) groups excluding carboxylic acids is 1. The molecule has 124 valence electrons. The van der Waals surface area contributed by atoms with E-state index in [4.69, 9.17) is 0 Å². The molecular weight excluding hydrogens is 300 g/mol. The van der Waals surface area contributed by atoms with Crippen LogP contribution in [0.3, 0.4) is 0 Å². The third-order valence-corrected chi connectivity index (χ3v) is 5.15. The normalized spacial score (nSPS) is 19.7. The average molecular weight is 322 g/mol. The molecule has 24 heavy (non-hydrogen) atoms. The Morgan fingerprint density at radius 2 is 1.79 bits per heavy atom. The van der Waals surface area contributed by atoms with Gasteiger partial charge in [0.25, 0.3) is 0 Å². The van der Waals surface area contributed by atoms with Crippen molar-refractivity contribution in [2.24, 2.45) is 0 Å². The number of aromatic nitrogens is 2. The molecule has 1 saturated carbocycles. The van der Waals surface area contributed by atoms with E-state index in [2.05, 4.69) is 32.1 Å². The molecular formula is C19H22N4O. The minimum atomic E-state index is -0.261. The van der Waals surface area contributed by atoms with Gasteiger partial charge in [0.2, 0.25) is 5.91 Å². The highest BCUT2D eigenvalue weighted by Crippen LogP contribution is 2.49. The third-order valence-electron chi connectivity index (χ3n) is 5.15. The minimum Gasteiger partial charge on any atom is -0.353 e. The predicted molar refractivity (Wildman–Crippen MR) is 92.8 cm³/mol. The van der Waals surface area contributed by atoms with E-state index in [9.17, 15) is 4.79 Å². The topological polar surface area (TPSA) is 49.3 Å². The molecule has 2 aliphatic rings. The van der Waals surface area contributed by atoms with Gasteiger partial charge in [0.1, 0.15) is 0 Å². The molecule has 5 heteroatoms. The first-order chi connectivity index (χ1) is 11.8. The molecule has 2 heterocycles. The summed E-state index contributed by atoms with van der Waals surface area (Å²) in [6.07, 6.45) is 4.60. The summed E-state index contributed by atoms with van der Waals surface area (Å²) in [4.78, 5) is 17.4. The van der Waals surface area contributed by atoms with Crippen LogP contribution in [0.15, 0.2) is 48.7 Å². The monoisotopic (exact) mass is 322 g/mol. The SMILES string of the molecule is O=C(N1CCCN(c2cccnn2)CC1)C1(c2ccccc2)CC1. The lowest BCUT2D eigenvalue weighted by atomic mass is 9.94. The second kappa shape index (κ2) is 6.23. The molecule has 4 rings (SSSR count). The average Bonchev–Trinajstić information content (AvgIpc) is 3.47. The van der Waals surface area contributed by atoms with E-state index in [1.54, 1.807) is 6.20 Å². The molecule has 0 unspecified atom stereocenters. The Kier molecular flexibility index (Phi) is 3.92. The Labute approximate surface area is 142 Å². The van der Waals surface area contributed by atoms with Crippen LogP contribution in [0.4, 0.5) is 5.82 Å². The summed E-state index contributed by atoms with van der Waals surface area (Å²) in [6, 6.07) is 14.1. The molecule has 0 atom stereocenters. The fourth-order valence-electron chi connectivity index (χ4n) is 3.62. The molecule has 0 spiro atoms. The second-order valence-electron chi connectivity index (χ2n) is 6.66. The summed E-state index contributed by atoms with van der Waals surface area (Å²) in [5.74, 6) is 1.20. The first-order valence-electron chi connectivity index (χ1n) is 8.67. The molecule has 1 aromatic heterocycles. The van der Waals surface area contributed by atoms with Crippen LogP contribution in [0.25, 0.3) is 0 Å². The van der Waals surface area contributed by atoms with Gasteiger partial charge < -0.3 is 9.80 Å². The Hall–Kier alpha value is -2.43.